The molecule has 0 unspecified atom stereocenters. The summed E-state index contributed by atoms with van der Waals surface area (Å²) in [6, 6.07) is 12.5. The number of thiophene rings is 2. The average molecular weight is 386 g/mol. The van der Waals surface area contributed by atoms with Gasteiger partial charge in [0.2, 0.25) is 0 Å². The second kappa shape index (κ2) is 7.51. The van der Waals surface area contributed by atoms with Crippen LogP contribution in [0, 0.1) is 0 Å². The Bertz CT molecular complexity index is 979. The summed E-state index contributed by atoms with van der Waals surface area (Å²) in [6.45, 7) is 0.617. The predicted octanol–water partition coefficient (Wildman–Crippen LogP) is 5.93. The normalized spacial score (nSPS) is 11.4. The number of ether oxygens (including phenoxy) is 1. The van der Waals surface area contributed by atoms with Gasteiger partial charge in [-0.2, -0.15) is 0 Å². The molecule has 0 saturated heterocycles. The second-order valence-corrected chi connectivity index (χ2v) is 7.98. The number of aromatic nitrogens is 1. The van der Waals surface area contributed by atoms with Crippen LogP contribution >= 0.6 is 22.7 Å². The zero-order chi connectivity index (χ0) is 17.9. The average Bonchev–Trinajstić information content (AvgIpc) is 3.32. The molecule has 0 radical (unpaired) electrons. The number of hydrogen-bond donors (Lipinski definition) is 1. The zero-order valence-electron chi connectivity index (χ0n) is 14.2. The number of nitrogens with zero attached hydrogens (tertiary/aromatic N) is 1. The van der Waals surface area contributed by atoms with E-state index in [1.54, 1.807) is 22.7 Å². The van der Waals surface area contributed by atoms with Gasteiger partial charge in [0.05, 0.1) is 27.0 Å². The molecular weight excluding hydrogens is 366 g/mol. The molecule has 1 N–H and O–H groups in total. The van der Waals surface area contributed by atoms with Crippen LogP contribution in [0.2, 0.25) is 0 Å². The summed E-state index contributed by atoms with van der Waals surface area (Å²) >= 11 is 3.58. The predicted molar refractivity (Wildman–Crippen MR) is 108 cm³/mol. The van der Waals surface area contributed by atoms with E-state index in [-0.39, 0.29) is 6.42 Å². The Morgan fingerprint density at radius 1 is 0.923 bits per heavy atom. The molecule has 4 rings (SSSR count). The first-order valence-electron chi connectivity index (χ1n) is 8.64. The quantitative estimate of drug-likeness (QED) is 0.382. The third-order valence-corrected chi connectivity index (χ3v) is 6.35. The van der Waals surface area contributed by atoms with Crippen molar-refractivity contribution >= 4 is 49.1 Å². The van der Waals surface area contributed by atoms with Gasteiger partial charge in [-0.15, -0.1) is 22.7 Å². The largest absolute Gasteiger partial charge is 0.494 e. The van der Waals surface area contributed by atoms with E-state index in [0.29, 0.717) is 13.0 Å². The van der Waals surface area contributed by atoms with Crippen molar-refractivity contribution in [1.82, 2.24) is 4.57 Å². The van der Waals surface area contributed by atoms with Gasteiger partial charge in [0, 0.05) is 12.1 Å². The summed E-state index contributed by atoms with van der Waals surface area (Å²) in [6.07, 6.45) is 2.69. The number of unbranched alkanes of at least 4 members (excludes halogenated alkanes) is 2. The highest BCUT2D eigenvalue weighted by Gasteiger charge is 2.14. The van der Waals surface area contributed by atoms with Crippen LogP contribution in [0.3, 0.4) is 0 Å². The third kappa shape index (κ3) is 3.34. The lowest BCUT2D eigenvalue weighted by Crippen LogP contribution is -1.99. The molecule has 0 amide bonds. The van der Waals surface area contributed by atoms with Crippen LogP contribution in [-0.4, -0.2) is 22.2 Å². The Hall–Kier alpha value is -2.31. The molecule has 3 heterocycles. The van der Waals surface area contributed by atoms with Crippen molar-refractivity contribution in [1.29, 1.82) is 0 Å². The lowest BCUT2D eigenvalue weighted by atomic mass is 10.2. The van der Waals surface area contributed by atoms with Gasteiger partial charge in [-0.3, -0.25) is 4.79 Å². The van der Waals surface area contributed by atoms with Crippen LogP contribution in [0.4, 0.5) is 0 Å². The summed E-state index contributed by atoms with van der Waals surface area (Å²) in [7, 11) is 0. The maximum atomic E-state index is 10.5. The highest BCUT2D eigenvalue weighted by molar-refractivity contribution is 7.25. The molecule has 0 saturated carbocycles. The van der Waals surface area contributed by atoms with Gasteiger partial charge in [0.25, 0.3) is 0 Å². The van der Waals surface area contributed by atoms with Gasteiger partial charge in [-0.05, 0) is 66.4 Å². The van der Waals surface area contributed by atoms with Crippen molar-refractivity contribution < 1.29 is 14.6 Å². The fourth-order valence-corrected chi connectivity index (χ4v) is 5.08. The molecule has 0 spiro atoms. The van der Waals surface area contributed by atoms with Crippen LogP contribution in [-0.2, 0) is 4.79 Å². The van der Waals surface area contributed by atoms with Gasteiger partial charge in [0.15, 0.2) is 0 Å². The summed E-state index contributed by atoms with van der Waals surface area (Å²) < 4.78 is 10.8. The number of hydrogen-bond acceptors (Lipinski definition) is 4. The third-order valence-electron chi connectivity index (χ3n) is 4.38. The summed E-state index contributed by atoms with van der Waals surface area (Å²) in [4.78, 5) is 10.5. The molecule has 134 valence electrons. The molecule has 0 fully saturated rings. The molecule has 0 atom stereocenters. The number of carbonyl (C=O) groups is 1. The highest BCUT2D eigenvalue weighted by Crippen LogP contribution is 2.38. The van der Waals surface area contributed by atoms with Gasteiger partial charge >= 0.3 is 5.97 Å². The van der Waals surface area contributed by atoms with E-state index < -0.39 is 5.97 Å². The van der Waals surface area contributed by atoms with Crippen molar-refractivity contribution in [3.63, 3.8) is 0 Å². The molecule has 4 nitrogen and oxygen atoms in total. The number of aliphatic carboxylic acids is 1. The maximum absolute atomic E-state index is 10.5. The first kappa shape index (κ1) is 17.1. The molecule has 3 aromatic heterocycles. The van der Waals surface area contributed by atoms with E-state index in [1.165, 1.54) is 20.4 Å². The number of fused-ring (bicyclic) bond motifs is 3. The monoisotopic (exact) mass is 385 g/mol. The first-order chi connectivity index (χ1) is 12.7. The lowest BCUT2D eigenvalue weighted by molar-refractivity contribution is -0.137. The Morgan fingerprint density at radius 2 is 1.58 bits per heavy atom. The molecule has 0 aliphatic heterocycles. The summed E-state index contributed by atoms with van der Waals surface area (Å²) in [5.74, 6) is 0.119. The van der Waals surface area contributed by atoms with Gasteiger partial charge in [0.1, 0.15) is 5.75 Å². The van der Waals surface area contributed by atoms with Gasteiger partial charge < -0.3 is 14.4 Å². The Morgan fingerprint density at radius 3 is 2.19 bits per heavy atom. The van der Waals surface area contributed by atoms with Crippen LogP contribution in [0.1, 0.15) is 25.7 Å². The van der Waals surface area contributed by atoms with Crippen LogP contribution in [0.15, 0.2) is 47.2 Å². The number of rotatable bonds is 8. The smallest absolute Gasteiger partial charge is 0.303 e. The summed E-state index contributed by atoms with van der Waals surface area (Å²) in [5.41, 5.74) is 3.64. The molecule has 6 heteroatoms. The van der Waals surface area contributed by atoms with Crippen molar-refractivity contribution in [2.45, 2.75) is 25.7 Å². The standard InChI is InChI=1S/C20H19NO3S2/c22-18(23)4-2-1-3-11-24-15-7-5-14(6-8-15)21-16-9-12-25-19(16)20-17(21)10-13-26-20/h5-10,12-13H,1-4,11H2,(H,22,23). The van der Waals surface area contributed by atoms with Crippen LogP contribution in [0.25, 0.3) is 26.1 Å². The van der Waals surface area contributed by atoms with E-state index in [1.807, 2.05) is 12.1 Å². The zero-order valence-corrected chi connectivity index (χ0v) is 15.8. The molecule has 0 aliphatic carbocycles. The van der Waals surface area contributed by atoms with E-state index in [9.17, 15) is 4.79 Å². The fraction of sp³-hybridized carbons (Fsp3) is 0.250. The lowest BCUT2D eigenvalue weighted by Gasteiger charge is -2.09. The number of benzene rings is 1. The Kier molecular flexibility index (Phi) is 4.95. The first-order valence-corrected chi connectivity index (χ1v) is 10.4. The van der Waals surface area contributed by atoms with E-state index in [2.05, 4.69) is 39.6 Å². The van der Waals surface area contributed by atoms with Gasteiger partial charge in [-0.25, -0.2) is 0 Å². The topological polar surface area (TPSA) is 51.5 Å². The molecular formula is C20H19NO3S2. The number of carboxylic acid groups (broad SMARTS) is 1. The van der Waals surface area contributed by atoms with Crippen LogP contribution in [0.5, 0.6) is 5.75 Å². The maximum Gasteiger partial charge on any atom is 0.303 e. The minimum Gasteiger partial charge on any atom is -0.494 e. The fourth-order valence-electron chi connectivity index (χ4n) is 3.14. The highest BCUT2D eigenvalue weighted by atomic mass is 32.1. The van der Waals surface area contributed by atoms with Crippen molar-refractivity contribution in [3.8, 4) is 11.4 Å². The van der Waals surface area contributed by atoms with E-state index in [0.717, 1.165) is 24.3 Å². The van der Waals surface area contributed by atoms with E-state index >= 15 is 0 Å². The van der Waals surface area contributed by atoms with E-state index in [4.69, 9.17) is 9.84 Å². The molecule has 1 aromatic carbocycles. The molecule has 0 aliphatic rings. The molecule has 0 bridgehead atoms. The van der Waals surface area contributed by atoms with Crippen molar-refractivity contribution in [2.75, 3.05) is 6.61 Å². The SMILES string of the molecule is O=C(O)CCCCCOc1ccc(-n2c3ccsc3c3sccc32)cc1. The van der Waals surface area contributed by atoms with Crippen molar-refractivity contribution in [3.05, 3.63) is 47.2 Å². The minimum atomic E-state index is -0.731. The second-order valence-electron chi connectivity index (χ2n) is 6.15. The Labute approximate surface area is 159 Å². The van der Waals surface area contributed by atoms with Crippen LogP contribution < -0.4 is 4.74 Å². The summed E-state index contributed by atoms with van der Waals surface area (Å²) in [5, 5.41) is 12.9. The molecule has 26 heavy (non-hydrogen) atoms. The Balaban J connectivity index is 1.44. The molecule has 4 aromatic rings. The van der Waals surface area contributed by atoms with Gasteiger partial charge in [-0.1, -0.05) is 0 Å². The van der Waals surface area contributed by atoms with Crippen molar-refractivity contribution in [2.24, 2.45) is 0 Å². The number of carboxylic acids is 1. The minimum absolute atomic E-state index is 0.236.